The lowest BCUT2D eigenvalue weighted by Gasteiger charge is -2.17. The van der Waals surface area contributed by atoms with Crippen molar-refractivity contribution in [3.63, 3.8) is 0 Å². The SMILES string of the molecule is CNCc1nc(-c2cc(C(C)C)c(O)c(C(C)C)c2)cs1. The van der Waals surface area contributed by atoms with Gasteiger partial charge in [-0.05, 0) is 42.1 Å². The molecular formula is C17H24N2OS. The third-order valence-electron chi connectivity index (χ3n) is 3.59. The Bertz CT molecular complexity index is 588. The van der Waals surface area contributed by atoms with E-state index in [9.17, 15) is 5.11 Å². The van der Waals surface area contributed by atoms with Gasteiger partial charge >= 0.3 is 0 Å². The maximum absolute atomic E-state index is 10.5. The number of hydrogen-bond donors (Lipinski definition) is 2. The summed E-state index contributed by atoms with van der Waals surface area (Å²) in [5, 5.41) is 16.8. The minimum Gasteiger partial charge on any atom is -0.507 e. The second kappa shape index (κ2) is 6.58. The number of nitrogens with one attached hydrogen (secondary N) is 1. The summed E-state index contributed by atoms with van der Waals surface area (Å²) in [4.78, 5) is 4.68. The van der Waals surface area contributed by atoms with Crippen LogP contribution in [0.25, 0.3) is 11.3 Å². The lowest BCUT2D eigenvalue weighted by molar-refractivity contribution is 0.454. The zero-order chi connectivity index (χ0) is 15.6. The van der Waals surface area contributed by atoms with Gasteiger partial charge in [-0.2, -0.15) is 0 Å². The third kappa shape index (κ3) is 3.44. The molecule has 0 amide bonds. The standard InChI is InChI=1S/C17H24N2OS/c1-10(2)13-6-12(7-14(11(3)4)17(13)20)15-9-21-16(19-15)8-18-5/h6-7,9-11,18,20H,8H2,1-5H3. The molecule has 0 spiro atoms. The van der Waals surface area contributed by atoms with Crippen LogP contribution >= 0.6 is 11.3 Å². The van der Waals surface area contributed by atoms with Gasteiger partial charge in [0.15, 0.2) is 0 Å². The maximum Gasteiger partial charge on any atom is 0.122 e. The highest BCUT2D eigenvalue weighted by Crippen LogP contribution is 2.37. The molecule has 0 unspecified atom stereocenters. The number of hydrogen-bond acceptors (Lipinski definition) is 4. The zero-order valence-corrected chi connectivity index (χ0v) is 14.2. The molecule has 1 aromatic heterocycles. The Morgan fingerprint density at radius 1 is 1.14 bits per heavy atom. The van der Waals surface area contributed by atoms with E-state index in [4.69, 9.17) is 0 Å². The van der Waals surface area contributed by atoms with Crippen LogP contribution in [0.1, 0.15) is 55.7 Å². The van der Waals surface area contributed by atoms with Crippen LogP contribution in [0, 0.1) is 0 Å². The van der Waals surface area contributed by atoms with Crippen molar-refractivity contribution in [2.75, 3.05) is 7.05 Å². The molecule has 0 atom stereocenters. The molecule has 0 aliphatic heterocycles. The number of rotatable bonds is 5. The van der Waals surface area contributed by atoms with Crippen molar-refractivity contribution >= 4 is 11.3 Å². The number of nitrogens with zero attached hydrogens (tertiary/aromatic N) is 1. The van der Waals surface area contributed by atoms with E-state index in [2.05, 4.69) is 55.5 Å². The van der Waals surface area contributed by atoms with Gasteiger partial charge in [-0.25, -0.2) is 4.98 Å². The normalized spacial score (nSPS) is 11.6. The number of phenolic OH excluding ortho intramolecular Hbond substituents is 1. The molecule has 114 valence electrons. The Kier molecular flexibility index (Phi) is 5.01. The molecule has 2 aromatic rings. The lowest BCUT2D eigenvalue weighted by atomic mass is 9.91. The number of phenols is 1. The van der Waals surface area contributed by atoms with Crippen molar-refractivity contribution in [2.24, 2.45) is 0 Å². The van der Waals surface area contributed by atoms with Crippen LogP contribution in [-0.4, -0.2) is 17.1 Å². The van der Waals surface area contributed by atoms with Gasteiger partial charge in [-0.15, -0.1) is 11.3 Å². The van der Waals surface area contributed by atoms with E-state index in [0.29, 0.717) is 5.75 Å². The Morgan fingerprint density at radius 3 is 2.19 bits per heavy atom. The molecule has 3 nitrogen and oxygen atoms in total. The van der Waals surface area contributed by atoms with Crippen molar-refractivity contribution in [1.29, 1.82) is 0 Å². The predicted octanol–water partition coefficient (Wildman–Crippen LogP) is 4.48. The first-order valence-corrected chi connectivity index (χ1v) is 8.28. The molecule has 0 radical (unpaired) electrons. The summed E-state index contributed by atoms with van der Waals surface area (Å²) >= 11 is 1.67. The molecule has 2 rings (SSSR count). The summed E-state index contributed by atoms with van der Waals surface area (Å²) in [6, 6.07) is 4.15. The van der Waals surface area contributed by atoms with Gasteiger partial charge in [0, 0.05) is 17.5 Å². The van der Waals surface area contributed by atoms with Gasteiger partial charge in [0.2, 0.25) is 0 Å². The second-order valence-electron chi connectivity index (χ2n) is 5.97. The third-order valence-corrected chi connectivity index (χ3v) is 4.44. The van der Waals surface area contributed by atoms with Gasteiger partial charge in [0.1, 0.15) is 10.8 Å². The van der Waals surface area contributed by atoms with E-state index in [0.717, 1.165) is 33.9 Å². The van der Waals surface area contributed by atoms with Crippen molar-refractivity contribution < 1.29 is 5.11 Å². The molecule has 1 aromatic carbocycles. The minimum atomic E-state index is 0.290. The van der Waals surface area contributed by atoms with Crippen LogP contribution in [-0.2, 0) is 6.54 Å². The Labute approximate surface area is 131 Å². The van der Waals surface area contributed by atoms with E-state index in [-0.39, 0.29) is 11.8 Å². The summed E-state index contributed by atoms with van der Waals surface area (Å²) in [5.41, 5.74) is 4.09. The van der Waals surface area contributed by atoms with Crippen molar-refractivity contribution in [3.8, 4) is 17.0 Å². The molecule has 0 aliphatic carbocycles. The Morgan fingerprint density at radius 2 is 1.71 bits per heavy atom. The Hall–Kier alpha value is -1.39. The molecule has 0 fully saturated rings. The summed E-state index contributed by atoms with van der Waals surface area (Å²) in [6.07, 6.45) is 0. The monoisotopic (exact) mass is 304 g/mol. The van der Waals surface area contributed by atoms with Gasteiger partial charge < -0.3 is 10.4 Å². The molecule has 0 bridgehead atoms. The predicted molar refractivity (Wildman–Crippen MR) is 90.2 cm³/mol. The van der Waals surface area contributed by atoms with E-state index in [1.807, 2.05) is 7.05 Å². The maximum atomic E-state index is 10.5. The quantitative estimate of drug-likeness (QED) is 0.856. The highest BCUT2D eigenvalue weighted by atomic mass is 32.1. The number of aromatic hydroxyl groups is 1. The largest absolute Gasteiger partial charge is 0.507 e. The average Bonchev–Trinajstić information content (AvgIpc) is 2.87. The molecule has 1 heterocycles. The lowest BCUT2D eigenvalue weighted by Crippen LogP contribution is -2.04. The molecular weight excluding hydrogens is 280 g/mol. The number of thiazole rings is 1. The molecule has 2 N–H and O–H groups in total. The number of benzene rings is 1. The van der Waals surface area contributed by atoms with E-state index >= 15 is 0 Å². The minimum absolute atomic E-state index is 0.290. The second-order valence-corrected chi connectivity index (χ2v) is 6.91. The van der Waals surface area contributed by atoms with Crippen LogP contribution in [0.3, 0.4) is 0 Å². The summed E-state index contributed by atoms with van der Waals surface area (Å²) in [6.45, 7) is 9.22. The van der Waals surface area contributed by atoms with Crippen LogP contribution < -0.4 is 5.32 Å². The van der Waals surface area contributed by atoms with Gasteiger partial charge in [0.25, 0.3) is 0 Å². The van der Waals surface area contributed by atoms with E-state index < -0.39 is 0 Å². The fourth-order valence-corrected chi connectivity index (χ4v) is 3.20. The van der Waals surface area contributed by atoms with Crippen molar-refractivity contribution in [3.05, 3.63) is 33.6 Å². The summed E-state index contributed by atoms with van der Waals surface area (Å²) in [5.74, 6) is 1.02. The van der Waals surface area contributed by atoms with Crippen LogP contribution in [0.4, 0.5) is 0 Å². The average molecular weight is 304 g/mol. The van der Waals surface area contributed by atoms with Gasteiger partial charge in [0.05, 0.1) is 5.69 Å². The molecule has 21 heavy (non-hydrogen) atoms. The Balaban J connectivity index is 2.52. The smallest absolute Gasteiger partial charge is 0.122 e. The van der Waals surface area contributed by atoms with E-state index in [1.54, 1.807) is 11.3 Å². The van der Waals surface area contributed by atoms with Crippen molar-refractivity contribution in [2.45, 2.75) is 46.1 Å². The molecule has 0 saturated carbocycles. The van der Waals surface area contributed by atoms with Crippen LogP contribution in [0.15, 0.2) is 17.5 Å². The van der Waals surface area contributed by atoms with E-state index in [1.165, 1.54) is 0 Å². The van der Waals surface area contributed by atoms with Gasteiger partial charge in [-0.1, -0.05) is 27.7 Å². The van der Waals surface area contributed by atoms with Crippen LogP contribution in [0.5, 0.6) is 5.75 Å². The highest BCUT2D eigenvalue weighted by molar-refractivity contribution is 7.09. The summed E-state index contributed by atoms with van der Waals surface area (Å²) < 4.78 is 0. The number of aromatic nitrogens is 1. The first kappa shape index (κ1) is 16.0. The van der Waals surface area contributed by atoms with Crippen molar-refractivity contribution in [1.82, 2.24) is 10.3 Å². The topological polar surface area (TPSA) is 45.2 Å². The molecule has 0 aliphatic rings. The first-order valence-electron chi connectivity index (χ1n) is 7.40. The first-order chi connectivity index (χ1) is 9.93. The molecule has 4 heteroatoms. The fraction of sp³-hybridized carbons (Fsp3) is 0.471. The zero-order valence-electron chi connectivity index (χ0n) is 13.4. The molecule has 0 saturated heterocycles. The summed E-state index contributed by atoms with van der Waals surface area (Å²) in [7, 11) is 1.93. The fourth-order valence-electron chi connectivity index (χ4n) is 2.38. The highest BCUT2D eigenvalue weighted by Gasteiger charge is 2.16. The van der Waals surface area contributed by atoms with Gasteiger partial charge in [-0.3, -0.25) is 0 Å². The van der Waals surface area contributed by atoms with Crippen LogP contribution in [0.2, 0.25) is 0 Å².